The van der Waals surface area contributed by atoms with E-state index in [0.717, 1.165) is 21.5 Å². The maximum atomic E-state index is 9.70. The highest BCUT2D eigenvalue weighted by Crippen LogP contribution is 2.27. The van der Waals surface area contributed by atoms with Crippen LogP contribution in [0.3, 0.4) is 0 Å². The molecule has 3 nitrogen and oxygen atoms in total. The van der Waals surface area contributed by atoms with Crippen molar-refractivity contribution in [1.82, 2.24) is 0 Å². The van der Waals surface area contributed by atoms with Gasteiger partial charge in [-0.05, 0) is 31.5 Å². The molecule has 0 radical (unpaired) electrons. The van der Waals surface area contributed by atoms with Crippen LogP contribution in [0.5, 0.6) is 11.5 Å². The summed E-state index contributed by atoms with van der Waals surface area (Å²) in [4.78, 5) is 0. The first-order valence-electron chi connectivity index (χ1n) is 7.25. The summed E-state index contributed by atoms with van der Waals surface area (Å²) in [7, 11) is 0. The normalized spacial score (nSPS) is 11.3. The van der Waals surface area contributed by atoms with Crippen LogP contribution in [0.4, 0.5) is 0 Å². The van der Waals surface area contributed by atoms with E-state index >= 15 is 0 Å². The Balaban J connectivity index is 1.94. The van der Waals surface area contributed by atoms with Crippen molar-refractivity contribution in [2.24, 2.45) is 0 Å². The second-order valence-electron chi connectivity index (χ2n) is 5.81. The Morgan fingerprint density at radius 1 is 1.00 bits per heavy atom. The Morgan fingerprint density at radius 2 is 1.64 bits per heavy atom. The van der Waals surface area contributed by atoms with Crippen LogP contribution in [-0.2, 0) is 6.61 Å². The van der Waals surface area contributed by atoms with Crippen LogP contribution >= 0.6 is 15.9 Å². The molecule has 0 aliphatic carbocycles. The summed E-state index contributed by atoms with van der Waals surface area (Å²) in [6.07, 6.45) is 0.569. The van der Waals surface area contributed by atoms with E-state index in [1.807, 2.05) is 48.5 Å². The number of halogens is 1. The van der Waals surface area contributed by atoms with E-state index in [0.29, 0.717) is 19.6 Å². The lowest BCUT2D eigenvalue weighted by Crippen LogP contribution is -2.21. The Bertz CT molecular complexity index is 591. The van der Waals surface area contributed by atoms with Gasteiger partial charge in [-0.25, -0.2) is 0 Å². The Morgan fingerprint density at radius 3 is 2.27 bits per heavy atom. The van der Waals surface area contributed by atoms with Crippen molar-refractivity contribution in [3.05, 3.63) is 58.6 Å². The molecule has 0 amide bonds. The molecule has 0 aliphatic rings. The van der Waals surface area contributed by atoms with Crippen molar-refractivity contribution >= 4 is 15.9 Å². The van der Waals surface area contributed by atoms with E-state index in [4.69, 9.17) is 9.47 Å². The minimum Gasteiger partial charge on any atom is -0.493 e. The average molecular weight is 365 g/mol. The molecule has 0 spiro atoms. The van der Waals surface area contributed by atoms with E-state index in [1.165, 1.54) is 0 Å². The van der Waals surface area contributed by atoms with Gasteiger partial charge in [0.15, 0.2) is 0 Å². The lowest BCUT2D eigenvalue weighted by Gasteiger charge is -2.17. The highest BCUT2D eigenvalue weighted by Gasteiger charge is 2.12. The van der Waals surface area contributed by atoms with Gasteiger partial charge < -0.3 is 14.6 Å². The molecule has 2 aromatic carbocycles. The van der Waals surface area contributed by atoms with Gasteiger partial charge in [-0.1, -0.05) is 46.3 Å². The molecule has 22 heavy (non-hydrogen) atoms. The van der Waals surface area contributed by atoms with Crippen molar-refractivity contribution in [2.75, 3.05) is 6.61 Å². The Kier molecular flexibility index (Phi) is 5.86. The second-order valence-corrected chi connectivity index (χ2v) is 6.72. The maximum Gasteiger partial charge on any atom is 0.124 e. The average Bonchev–Trinajstić information content (AvgIpc) is 2.44. The third kappa shape index (κ3) is 6.08. The van der Waals surface area contributed by atoms with Crippen LogP contribution in [0.1, 0.15) is 25.8 Å². The van der Waals surface area contributed by atoms with Gasteiger partial charge >= 0.3 is 0 Å². The van der Waals surface area contributed by atoms with Gasteiger partial charge in [-0.15, -0.1) is 0 Å². The topological polar surface area (TPSA) is 38.7 Å². The molecule has 4 heteroatoms. The molecule has 0 saturated carbocycles. The quantitative estimate of drug-likeness (QED) is 0.781. The predicted octanol–water partition coefficient (Wildman–Crippen LogP) is 4.57. The lowest BCUT2D eigenvalue weighted by molar-refractivity contribution is 0.0553. The zero-order chi connectivity index (χ0) is 16.0. The van der Waals surface area contributed by atoms with Gasteiger partial charge in [0.2, 0.25) is 0 Å². The number of rotatable bonds is 7. The molecule has 0 aliphatic heterocycles. The molecule has 0 heterocycles. The summed E-state index contributed by atoms with van der Waals surface area (Å²) in [5, 5.41) is 9.70. The van der Waals surface area contributed by atoms with Crippen LogP contribution in [0, 0.1) is 0 Å². The standard InChI is InChI=1S/C18H21BrO3/c1-18(2,20)8-9-21-16-10-15(19)11-17(12-16)22-13-14-6-4-3-5-7-14/h3-7,10-12,20H,8-9,13H2,1-2H3. The number of ether oxygens (including phenoxy) is 2. The molecule has 0 unspecified atom stereocenters. The second kappa shape index (κ2) is 7.65. The molecular weight excluding hydrogens is 344 g/mol. The Labute approximate surface area is 140 Å². The smallest absolute Gasteiger partial charge is 0.124 e. The summed E-state index contributed by atoms with van der Waals surface area (Å²) in [5.74, 6) is 1.47. The zero-order valence-electron chi connectivity index (χ0n) is 12.9. The van der Waals surface area contributed by atoms with Crippen LogP contribution < -0.4 is 9.47 Å². The lowest BCUT2D eigenvalue weighted by atomic mass is 10.1. The summed E-state index contributed by atoms with van der Waals surface area (Å²) in [5.41, 5.74) is 0.394. The predicted molar refractivity (Wildman–Crippen MR) is 91.3 cm³/mol. The van der Waals surface area contributed by atoms with Gasteiger partial charge in [0.05, 0.1) is 12.2 Å². The molecular formula is C18H21BrO3. The summed E-state index contributed by atoms with van der Waals surface area (Å²) in [6, 6.07) is 15.7. The number of hydrogen-bond acceptors (Lipinski definition) is 3. The number of aliphatic hydroxyl groups is 1. The first-order chi connectivity index (χ1) is 10.4. The van der Waals surface area contributed by atoms with Gasteiger partial charge in [0.25, 0.3) is 0 Å². The van der Waals surface area contributed by atoms with Crippen molar-refractivity contribution in [3.8, 4) is 11.5 Å². The van der Waals surface area contributed by atoms with E-state index < -0.39 is 5.60 Å². The molecule has 118 valence electrons. The molecule has 1 N–H and O–H groups in total. The molecule has 2 aromatic rings. The van der Waals surface area contributed by atoms with Crippen molar-refractivity contribution in [3.63, 3.8) is 0 Å². The third-order valence-corrected chi connectivity index (χ3v) is 3.53. The monoisotopic (exact) mass is 364 g/mol. The van der Waals surface area contributed by atoms with Gasteiger partial charge in [0, 0.05) is 17.0 Å². The number of benzene rings is 2. The van der Waals surface area contributed by atoms with Crippen LogP contribution in [-0.4, -0.2) is 17.3 Å². The van der Waals surface area contributed by atoms with E-state index in [1.54, 1.807) is 13.8 Å². The van der Waals surface area contributed by atoms with Gasteiger partial charge in [-0.2, -0.15) is 0 Å². The fourth-order valence-corrected chi connectivity index (χ4v) is 2.31. The molecule has 0 aromatic heterocycles. The molecule has 0 saturated heterocycles. The molecule has 0 atom stereocenters. The minimum atomic E-state index is -0.724. The third-order valence-electron chi connectivity index (χ3n) is 3.08. The van der Waals surface area contributed by atoms with Crippen molar-refractivity contribution < 1.29 is 14.6 Å². The summed E-state index contributed by atoms with van der Waals surface area (Å²) in [6.45, 7) is 4.51. The molecule has 0 bridgehead atoms. The first kappa shape index (κ1) is 16.8. The summed E-state index contributed by atoms with van der Waals surface area (Å²) >= 11 is 3.46. The minimum absolute atomic E-state index is 0.456. The fraction of sp³-hybridized carbons (Fsp3) is 0.333. The largest absolute Gasteiger partial charge is 0.493 e. The van der Waals surface area contributed by atoms with Crippen molar-refractivity contribution in [2.45, 2.75) is 32.5 Å². The Hall–Kier alpha value is -1.52. The van der Waals surface area contributed by atoms with Gasteiger partial charge in [0.1, 0.15) is 18.1 Å². The highest BCUT2D eigenvalue weighted by molar-refractivity contribution is 9.10. The first-order valence-corrected chi connectivity index (χ1v) is 8.04. The fourth-order valence-electron chi connectivity index (χ4n) is 1.86. The van der Waals surface area contributed by atoms with Crippen molar-refractivity contribution in [1.29, 1.82) is 0 Å². The molecule has 2 rings (SSSR count). The molecule has 0 fully saturated rings. The SMILES string of the molecule is CC(C)(O)CCOc1cc(Br)cc(OCc2ccccc2)c1. The van der Waals surface area contributed by atoms with E-state index in [9.17, 15) is 5.11 Å². The van der Waals surface area contributed by atoms with Gasteiger partial charge in [-0.3, -0.25) is 0 Å². The van der Waals surface area contributed by atoms with Crippen LogP contribution in [0.15, 0.2) is 53.0 Å². The van der Waals surface area contributed by atoms with E-state index in [-0.39, 0.29) is 0 Å². The van der Waals surface area contributed by atoms with Crippen LogP contribution in [0.2, 0.25) is 0 Å². The highest BCUT2D eigenvalue weighted by atomic mass is 79.9. The zero-order valence-corrected chi connectivity index (χ0v) is 14.5. The van der Waals surface area contributed by atoms with Crippen LogP contribution in [0.25, 0.3) is 0 Å². The van der Waals surface area contributed by atoms with E-state index in [2.05, 4.69) is 15.9 Å². The summed E-state index contributed by atoms with van der Waals surface area (Å²) < 4.78 is 12.4. The maximum absolute atomic E-state index is 9.70. The number of hydrogen-bond donors (Lipinski definition) is 1.